The highest BCUT2D eigenvalue weighted by molar-refractivity contribution is 5.71. The van der Waals surface area contributed by atoms with E-state index in [1.54, 1.807) is 0 Å². The SMILES string of the molecule is CC/C=C\C/C=C\C/C=C\C/C=C\C/C=C\CCCCCCCCCCCCCCCC(=O)OCC(COC(=O)CCCCCCCCCCCC)OC(=O)CCCCC/C=C\C/C=C\C/C=C\C/C=C\C/C=C\CC. The molecule has 0 fully saturated rings. The predicted octanol–water partition coefficient (Wildman–Crippen LogP) is 21.6. The van der Waals surface area contributed by atoms with Crippen molar-refractivity contribution < 1.29 is 28.6 Å². The van der Waals surface area contributed by atoms with Crippen molar-refractivity contribution in [3.8, 4) is 0 Å². The van der Waals surface area contributed by atoms with Crippen LogP contribution < -0.4 is 0 Å². The monoisotopic (exact) mass is 1050 g/mol. The molecule has 1 unspecified atom stereocenters. The highest BCUT2D eigenvalue weighted by atomic mass is 16.6. The Morgan fingerprint density at radius 1 is 0.276 bits per heavy atom. The highest BCUT2D eigenvalue weighted by Gasteiger charge is 2.19. The van der Waals surface area contributed by atoms with Crippen molar-refractivity contribution in [3.63, 3.8) is 0 Å². The summed E-state index contributed by atoms with van der Waals surface area (Å²) in [6.07, 6.45) is 87.8. The van der Waals surface area contributed by atoms with Crippen molar-refractivity contribution >= 4 is 17.9 Å². The predicted molar refractivity (Wildman–Crippen MR) is 330 cm³/mol. The number of hydrogen-bond donors (Lipinski definition) is 0. The molecule has 1 atom stereocenters. The summed E-state index contributed by atoms with van der Waals surface area (Å²) in [5.41, 5.74) is 0. The van der Waals surface area contributed by atoms with Gasteiger partial charge in [-0.15, -0.1) is 0 Å². The molecule has 0 N–H and O–H groups in total. The molecule has 0 saturated carbocycles. The molecule has 0 amide bonds. The molecule has 6 nitrogen and oxygen atoms in total. The normalized spacial score (nSPS) is 12.9. The zero-order valence-corrected chi connectivity index (χ0v) is 49.5. The Hall–Kier alpha value is -4.19. The molecule has 0 bridgehead atoms. The minimum absolute atomic E-state index is 0.0912. The average molecular weight is 1050 g/mol. The van der Waals surface area contributed by atoms with Crippen molar-refractivity contribution in [3.05, 3.63) is 122 Å². The first kappa shape index (κ1) is 71.8. The molecular weight excluding hydrogens is 937 g/mol. The standard InChI is InChI=1S/C70H116O6/c1-4-7-10-13-16-19-22-24-26-28-30-31-32-33-34-35-36-37-38-39-41-42-44-46-48-51-54-57-60-63-69(72)75-66-67(65-74-68(71)62-59-56-53-50-21-18-15-12-9-6-3)76-70(73)64-61-58-55-52-49-47-45-43-40-29-27-25-23-20-17-14-11-8-5-2/h7-8,10-11,16-17,19-20,24-27,30-31,33-34,40,43,47,49,67H,4-6,9,12-15,18,21-23,28-29,32,35-39,41-42,44-46,48,50-66H2,1-3H3/b10-7-,11-8-,19-16-,20-17-,26-24-,27-25-,31-30-,34-33-,43-40-,49-47-. The molecule has 0 saturated heterocycles. The molecule has 0 spiro atoms. The molecule has 0 radical (unpaired) electrons. The van der Waals surface area contributed by atoms with Crippen LogP contribution in [0.4, 0.5) is 0 Å². The maximum Gasteiger partial charge on any atom is 0.306 e. The Morgan fingerprint density at radius 2 is 0.513 bits per heavy atom. The lowest BCUT2D eigenvalue weighted by molar-refractivity contribution is -0.167. The first-order chi connectivity index (χ1) is 37.5. The van der Waals surface area contributed by atoms with E-state index in [-0.39, 0.29) is 37.5 Å². The number of allylic oxidation sites excluding steroid dienone is 20. The molecule has 0 aromatic rings. The van der Waals surface area contributed by atoms with Gasteiger partial charge in [-0.1, -0.05) is 277 Å². The average Bonchev–Trinajstić information content (AvgIpc) is 3.42. The van der Waals surface area contributed by atoms with Gasteiger partial charge in [0.05, 0.1) is 0 Å². The largest absolute Gasteiger partial charge is 0.462 e. The van der Waals surface area contributed by atoms with E-state index >= 15 is 0 Å². The smallest absolute Gasteiger partial charge is 0.306 e. The Kier molecular flexibility index (Phi) is 59.9. The van der Waals surface area contributed by atoms with E-state index in [9.17, 15) is 14.4 Å². The van der Waals surface area contributed by atoms with Gasteiger partial charge in [0.1, 0.15) is 13.2 Å². The molecule has 0 rings (SSSR count). The molecule has 0 aromatic carbocycles. The van der Waals surface area contributed by atoms with Gasteiger partial charge in [-0.3, -0.25) is 14.4 Å². The summed E-state index contributed by atoms with van der Waals surface area (Å²) >= 11 is 0. The van der Waals surface area contributed by atoms with Crippen LogP contribution in [0.25, 0.3) is 0 Å². The van der Waals surface area contributed by atoms with E-state index in [4.69, 9.17) is 14.2 Å². The lowest BCUT2D eigenvalue weighted by Crippen LogP contribution is -2.30. The lowest BCUT2D eigenvalue weighted by atomic mass is 10.0. The number of ether oxygens (including phenoxy) is 3. The second-order valence-electron chi connectivity index (χ2n) is 20.6. The zero-order valence-electron chi connectivity index (χ0n) is 49.5. The summed E-state index contributed by atoms with van der Waals surface area (Å²) < 4.78 is 16.9. The van der Waals surface area contributed by atoms with Gasteiger partial charge in [0, 0.05) is 19.3 Å². The molecule has 0 aromatic heterocycles. The van der Waals surface area contributed by atoms with Gasteiger partial charge in [-0.25, -0.2) is 0 Å². The van der Waals surface area contributed by atoms with E-state index in [0.717, 1.165) is 128 Å². The van der Waals surface area contributed by atoms with Gasteiger partial charge in [-0.2, -0.15) is 0 Å². The molecule has 0 aliphatic carbocycles. The topological polar surface area (TPSA) is 78.9 Å². The van der Waals surface area contributed by atoms with Crippen LogP contribution in [0.3, 0.4) is 0 Å². The van der Waals surface area contributed by atoms with Crippen LogP contribution in [-0.2, 0) is 28.6 Å². The molecule has 76 heavy (non-hydrogen) atoms. The van der Waals surface area contributed by atoms with E-state index in [2.05, 4.69) is 142 Å². The van der Waals surface area contributed by atoms with E-state index in [1.165, 1.54) is 116 Å². The lowest BCUT2D eigenvalue weighted by Gasteiger charge is -2.18. The molecular formula is C70H116O6. The fourth-order valence-electron chi connectivity index (χ4n) is 8.56. The van der Waals surface area contributed by atoms with Crippen molar-refractivity contribution in [2.75, 3.05) is 13.2 Å². The first-order valence-electron chi connectivity index (χ1n) is 31.5. The van der Waals surface area contributed by atoms with Crippen molar-refractivity contribution in [1.29, 1.82) is 0 Å². The molecule has 0 aliphatic rings. The van der Waals surface area contributed by atoms with Crippen LogP contribution in [0.2, 0.25) is 0 Å². The Labute approximate surface area is 469 Å². The van der Waals surface area contributed by atoms with Gasteiger partial charge in [0.15, 0.2) is 6.10 Å². The molecule has 0 aliphatic heterocycles. The van der Waals surface area contributed by atoms with Crippen LogP contribution in [-0.4, -0.2) is 37.2 Å². The summed E-state index contributed by atoms with van der Waals surface area (Å²) in [5, 5.41) is 0. The molecule has 6 heteroatoms. The minimum atomic E-state index is -0.797. The van der Waals surface area contributed by atoms with Crippen LogP contribution in [0, 0.1) is 0 Å². The summed E-state index contributed by atoms with van der Waals surface area (Å²) in [7, 11) is 0. The first-order valence-corrected chi connectivity index (χ1v) is 31.5. The summed E-state index contributed by atoms with van der Waals surface area (Å²) in [4.78, 5) is 38.2. The van der Waals surface area contributed by atoms with Crippen LogP contribution in [0.15, 0.2) is 122 Å². The van der Waals surface area contributed by atoms with Crippen molar-refractivity contribution in [1.82, 2.24) is 0 Å². The second kappa shape index (κ2) is 63.3. The Bertz CT molecular complexity index is 1590. The highest BCUT2D eigenvalue weighted by Crippen LogP contribution is 2.16. The van der Waals surface area contributed by atoms with Crippen molar-refractivity contribution in [2.24, 2.45) is 0 Å². The van der Waals surface area contributed by atoms with E-state index in [0.29, 0.717) is 12.8 Å². The Morgan fingerprint density at radius 3 is 0.816 bits per heavy atom. The molecule has 432 valence electrons. The van der Waals surface area contributed by atoms with Gasteiger partial charge >= 0.3 is 17.9 Å². The number of carbonyl (C=O) groups excluding carboxylic acids is 3. The van der Waals surface area contributed by atoms with Crippen molar-refractivity contribution in [2.45, 2.75) is 290 Å². The number of rotatable bonds is 56. The number of esters is 3. The maximum atomic E-state index is 12.9. The summed E-state index contributed by atoms with van der Waals surface area (Å²) in [5.74, 6) is -0.922. The summed E-state index contributed by atoms with van der Waals surface area (Å²) in [6, 6.07) is 0. The van der Waals surface area contributed by atoms with Gasteiger partial charge < -0.3 is 14.2 Å². The van der Waals surface area contributed by atoms with Crippen LogP contribution in [0.5, 0.6) is 0 Å². The Balaban J connectivity index is 4.26. The number of hydrogen-bond acceptors (Lipinski definition) is 6. The van der Waals surface area contributed by atoms with Gasteiger partial charge in [-0.05, 0) is 109 Å². The van der Waals surface area contributed by atoms with E-state index < -0.39 is 6.10 Å². The third-order valence-electron chi connectivity index (χ3n) is 13.2. The van der Waals surface area contributed by atoms with Crippen LogP contribution >= 0.6 is 0 Å². The molecule has 0 heterocycles. The third kappa shape index (κ3) is 60.7. The third-order valence-corrected chi connectivity index (χ3v) is 13.2. The zero-order chi connectivity index (χ0) is 55.0. The fraction of sp³-hybridized carbons (Fsp3) is 0.671. The van der Waals surface area contributed by atoms with Gasteiger partial charge in [0.25, 0.3) is 0 Å². The van der Waals surface area contributed by atoms with Gasteiger partial charge in [0.2, 0.25) is 0 Å². The fourth-order valence-corrected chi connectivity index (χ4v) is 8.56. The number of carbonyl (C=O) groups is 3. The second-order valence-corrected chi connectivity index (χ2v) is 20.6. The van der Waals surface area contributed by atoms with E-state index in [1.807, 2.05) is 0 Å². The summed E-state index contributed by atoms with van der Waals surface area (Å²) in [6.45, 7) is 6.38. The number of unbranched alkanes of at least 4 members (excludes halogenated alkanes) is 25. The quantitative estimate of drug-likeness (QED) is 0.0261. The van der Waals surface area contributed by atoms with Crippen LogP contribution in [0.1, 0.15) is 284 Å². The maximum absolute atomic E-state index is 12.9. The minimum Gasteiger partial charge on any atom is -0.462 e.